The Kier molecular flexibility index (Phi) is 4.46. The van der Waals surface area contributed by atoms with Gasteiger partial charge in [0.25, 0.3) is 0 Å². The van der Waals surface area contributed by atoms with Gasteiger partial charge in [0.1, 0.15) is 6.33 Å². The fourth-order valence-electron chi connectivity index (χ4n) is 3.48. The average molecular weight is 361 g/mol. The van der Waals surface area contributed by atoms with Gasteiger partial charge in [0.05, 0.1) is 22.9 Å². The van der Waals surface area contributed by atoms with E-state index in [0.29, 0.717) is 18.5 Å². The van der Waals surface area contributed by atoms with Crippen LogP contribution in [0.3, 0.4) is 0 Å². The van der Waals surface area contributed by atoms with E-state index in [0.717, 1.165) is 16.7 Å². The van der Waals surface area contributed by atoms with Crippen molar-refractivity contribution in [2.24, 2.45) is 11.8 Å². The number of fused-ring (bicyclic) bond motifs is 1. The molecule has 6 heteroatoms. The predicted octanol–water partition coefficient (Wildman–Crippen LogP) is 3.63. The summed E-state index contributed by atoms with van der Waals surface area (Å²) in [6.07, 6.45) is 6.30. The van der Waals surface area contributed by atoms with Gasteiger partial charge in [-0.3, -0.25) is 14.2 Å². The summed E-state index contributed by atoms with van der Waals surface area (Å²) in [6, 6.07) is 15.3. The maximum absolute atomic E-state index is 12.5. The van der Waals surface area contributed by atoms with Crippen LogP contribution >= 0.6 is 0 Å². The molecule has 6 nitrogen and oxygen atoms in total. The Morgan fingerprint density at radius 1 is 1.00 bits per heavy atom. The third-order valence-corrected chi connectivity index (χ3v) is 4.95. The monoisotopic (exact) mass is 361 g/mol. The quantitative estimate of drug-likeness (QED) is 0.695. The minimum Gasteiger partial charge on any atom is -0.481 e. The number of carboxylic acids is 1. The molecule has 1 amide bonds. The highest BCUT2D eigenvalue weighted by Crippen LogP contribution is 2.27. The Hall–Kier alpha value is -3.41. The summed E-state index contributed by atoms with van der Waals surface area (Å²) in [5.74, 6) is -2.41. The molecule has 4 rings (SSSR count). The van der Waals surface area contributed by atoms with E-state index in [1.165, 1.54) is 0 Å². The van der Waals surface area contributed by atoms with Gasteiger partial charge in [0, 0.05) is 11.4 Å². The number of carbonyl (C=O) groups is 2. The lowest BCUT2D eigenvalue weighted by Crippen LogP contribution is -2.34. The number of aliphatic carboxylic acids is 1. The number of carboxylic acid groups (broad SMARTS) is 1. The van der Waals surface area contributed by atoms with Crippen LogP contribution in [-0.4, -0.2) is 26.5 Å². The van der Waals surface area contributed by atoms with E-state index < -0.39 is 17.8 Å². The molecule has 0 saturated carbocycles. The van der Waals surface area contributed by atoms with Crippen molar-refractivity contribution >= 4 is 28.6 Å². The Morgan fingerprint density at radius 3 is 2.44 bits per heavy atom. The van der Waals surface area contributed by atoms with Crippen LogP contribution in [0.2, 0.25) is 0 Å². The maximum atomic E-state index is 12.5. The van der Waals surface area contributed by atoms with Gasteiger partial charge in [0.2, 0.25) is 5.91 Å². The molecule has 0 spiro atoms. The minimum atomic E-state index is -0.929. The summed E-state index contributed by atoms with van der Waals surface area (Å²) in [4.78, 5) is 28.3. The highest BCUT2D eigenvalue weighted by Gasteiger charge is 2.33. The maximum Gasteiger partial charge on any atom is 0.307 e. The number of nitrogens with one attached hydrogen (secondary N) is 1. The zero-order chi connectivity index (χ0) is 18.8. The highest BCUT2D eigenvalue weighted by molar-refractivity contribution is 5.95. The first-order valence-electron chi connectivity index (χ1n) is 8.84. The summed E-state index contributed by atoms with van der Waals surface area (Å²) >= 11 is 0. The molecule has 1 aliphatic carbocycles. The zero-order valence-electron chi connectivity index (χ0n) is 14.6. The van der Waals surface area contributed by atoms with Crippen LogP contribution in [0.1, 0.15) is 12.8 Å². The number of hydrogen-bond donors (Lipinski definition) is 2. The number of rotatable bonds is 4. The molecule has 0 fully saturated rings. The fraction of sp³-hybridized carbons (Fsp3) is 0.190. The molecule has 136 valence electrons. The number of amides is 1. The Balaban J connectivity index is 1.52. The highest BCUT2D eigenvalue weighted by atomic mass is 16.4. The summed E-state index contributed by atoms with van der Waals surface area (Å²) < 4.78 is 1.98. The van der Waals surface area contributed by atoms with E-state index in [1.807, 2.05) is 65.3 Å². The zero-order valence-corrected chi connectivity index (χ0v) is 14.6. The molecule has 1 heterocycles. The molecule has 0 saturated heterocycles. The largest absolute Gasteiger partial charge is 0.481 e. The molecule has 1 aliphatic rings. The van der Waals surface area contributed by atoms with Crippen LogP contribution in [0.4, 0.5) is 5.69 Å². The first-order valence-corrected chi connectivity index (χ1v) is 8.84. The second kappa shape index (κ2) is 7.07. The second-order valence-electron chi connectivity index (χ2n) is 6.63. The Morgan fingerprint density at radius 2 is 1.70 bits per heavy atom. The third-order valence-electron chi connectivity index (χ3n) is 4.95. The van der Waals surface area contributed by atoms with Crippen LogP contribution in [0.5, 0.6) is 0 Å². The molecule has 0 radical (unpaired) electrons. The number of imidazole rings is 1. The van der Waals surface area contributed by atoms with E-state index in [1.54, 1.807) is 6.33 Å². The van der Waals surface area contributed by atoms with Crippen molar-refractivity contribution in [3.05, 3.63) is 67.0 Å². The van der Waals surface area contributed by atoms with E-state index in [2.05, 4.69) is 10.3 Å². The van der Waals surface area contributed by atoms with Gasteiger partial charge in [-0.1, -0.05) is 24.3 Å². The number of hydrogen-bond acceptors (Lipinski definition) is 3. The Labute approximate surface area is 156 Å². The molecule has 1 aromatic heterocycles. The molecule has 0 bridgehead atoms. The summed E-state index contributed by atoms with van der Waals surface area (Å²) in [7, 11) is 0. The van der Waals surface area contributed by atoms with Gasteiger partial charge >= 0.3 is 5.97 Å². The van der Waals surface area contributed by atoms with Gasteiger partial charge in [-0.2, -0.15) is 0 Å². The molecule has 2 N–H and O–H groups in total. The van der Waals surface area contributed by atoms with E-state index >= 15 is 0 Å². The van der Waals surface area contributed by atoms with Crippen molar-refractivity contribution < 1.29 is 14.7 Å². The van der Waals surface area contributed by atoms with Crippen LogP contribution in [0.15, 0.2) is 67.0 Å². The lowest BCUT2D eigenvalue weighted by atomic mass is 9.82. The number of aromatic nitrogens is 2. The summed E-state index contributed by atoms with van der Waals surface area (Å²) in [6.45, 7) is 0. The second-order valence-corrected chi connectivity index (χ2v) is 6.63. The number of benzene rings is 2. The molecule has 2 aromatic carbocycles. The lowest BCUT2D eigenvalue weighted by molar-refractivity contribution is -0.146. The van der Waals surface area contributed by atoms with Gasteiger partial charge in [-0.25, -0.2) is 4.98 Å². The number of nitrogens with zero attached hydrogens (tertiary/aromatic N) is 2. The normalized spacial score (nSPS) is 19.1. The van der Waals surface area contributed by atoms with E-state index in [9.17, 15) is 14.7 Å². The van der Waals surface area contributed by atoms with Crippen LogP contribution in [0, 0.1) is 11.8 Å². The SMILES string of the molecule is O=C(O)C1CC=CCC1C(=O)Nc1ccc(-n2cnc3ccccc32)cc1. The van der Waals surface area contributed by atoms with Crippen LogP contribution in [0.25, 0.3) is 16.7 Å². The first-order chi connectivity index (χ1) is 13.1. The molecule has 27 heavy (non-hydrogen) atoms. The van der Waals surface area contributed by atoms with E-state index in [-0.39, 0.29) is 5.91 Å². The van der Waals surface area contributed by atoms with Crippen LogP contribution in [-0.2, 0) is 9.59 Å². The first kappa shape index (κ1) is 17.0. The van der Waals surface area contributed by atoms with Gasteiger partial charge < -0.3 is 10.4 Å². The van der Waals surface area contributed by atoms with Gasteiger partial charge in [-0.15, -0.1) is 0 Å². The van der Waals surface area contributed by atoms with Crippen molar-refractivity contribution in [3.63, 3.8) is 0 Å². The molecular weight excluding hydrogens is 342 g/mol. The van der Waals surface area contributed by atoms with Gasteiger partial charge in [-0.05, 0) is 49.2 Å². The van der Waals surface area contributed by atoms with Crippen LogP contribution < -0.4 is 5.32 Å². The van der Waals surface area contributed by atoms with E-state index in [4.69, 9.17) is 0 Å². The molecule has 2 atom stereocenters. The summed E-state index contributed by atoms with van der Waals surface area (Å²) in [5, 5.41) is 12.2. The fourth-order valence-corrected chi connectivity index (χ4v) is 3.48. The molecule has 2 unspecified atom stereocenters. The third kappa shape index (κ3) is 3.33. The molecule has 3 aromatic rings. The van der Waals surface area contributed by atoms with Crippen molar-refractivity contribution in [1.29, 1.82) is 0 Å². The number of para-hydroxylation sites is 2. The number of anilines is 1. The van der Waals surface area contributed by atoms with Crippen molar-refractivity contribution in [2.45, 2.75) is 12.8 Å². The summed E-state index contributed by atoms with van der Waals surface area (Å²) in [5.41, 5.74) is 3.50. The number of carbonyl (C=O) groups excluding carboxylic acids is 1. The standard InChI is InChI=1S/C21H19N3O3/c25-20(16-5-1-2-6-17(16)21(26)27)23-14-9-11-15(12-10-14)24-13-22-18-7-3-4-8-19(18)24/h1-4,7-13,16-17H,5-6H2,(H,23,25)(H,26,27). The van der Waals surface area contributed by atoms with Crippen molar-refractivity contribution in [1.82, 2.24) is 9.55 Å². The Bertz CT molecular complexity index is 1020. The number of allylic oxidation sites excluding steroid dienone is 2. The molecular formula is C21H19N3O3. The van der Waals surface area contributed by atoms with Gasteiger partial charge in [0.15, 0.2) is 0 Å². The lowest BCUT2D eigenvalue weighted by Gasteiger charge is -2.24. The van der Waals surface area contributed by atoms with Crippen molar-refractivity contribution in [3.8, 4) is 5.69 Å². The van der Waals surface area contributed by atoms with Crippen molar-refractivity contribution in [2.75, 3.05) is 5.32 Å². The smallest absolute Gasteiger partial charge is 0.307 e. The predicted molar refractivity (Wildman–Crippen MR) is 103 cm³/mol. The topological polar surface area (TPSA) is 84.2 Å². The average Bonchev–Trinajstić information content (AvgIpc) is 3.12. The molecule has 0 aliphatic heterocycles. The minimum absolute atomic E-state index is 0.257.